The van der Waals surface area contributed by atoms with Gasteiger partial charge in [-0.25, -0.2) is 0 Å². The zero-order valence-corrected chi connectivity index (χ0v) is 15.1. The molecule has 0 unspecified atom stereocenters. The first-order valence-electron chi connectivity index (χ1n) is 8.65. The second-order valence-electron chi connectivity index (χ2n) is 5.84. The molecular weight excluding hydrogens is 340 g/mol. The van der Waals surface area contributed by atoms with Crippen molar-refractivity contribution in [3.8, 4) is 11.5 Å². The van der Waals surface area contributed by atoms with Gasteiger partial charge in [0.25, 0.3) is 0 Å². The first-order chi connectivity index (χ1) is 13.2. The Kier molecular flexibility index (Phi) is 5.89. The van der Waals surface area contributed by atoms with E-state index in [4.69, 9.17) is 20.9 Å². The lowest BCUT2D eigenvalue weighted by Crippen LogP contribution is -2.21. The van der Waals surface area contributed by atoms with Gasteiger partial charge in [-0.15, -0.1) is 5.10 Å². The Balaban J connectivity index is 1.81. The number of nitrogens with two attached hydrogens (primary N) is 2. The molecule has 138 valence electrons. The number of rotatable bonds is 7. The van der Waals surface area contributed by atoms with Crippen LogP contribution in [0.3, 0.4) is 0 Å². The standard InChI is InChI=1S/C21H22N4O2/c1-2-26-20-12-15(13-24-25-21(22)23)10-11-19(20)27-14-17-8-5-7-16-6-3-4-9-18(16)17/h3-13H,2,14H2,1H3,(H4,22,23,25). The highest BCUT2D eigenvalue weighted by atomic mass is 16.5. The Bertz CT molecular complexity index is 974. The molecule has 0 aliphatic rings. The molecule has 0 spiro atoms. The summed E-state index contributed by atoms with van der Waals surface area (Å²) in [5, 5.41) is 9.78. The summed E-state index contributed by atoms with van der Waals surface area (Å²) in [6.45, 7) is 2.90. The lowest BCUT2D eigenvalue weighted by Gasteiger charge is -2.13. The molecule has 27 heavy (non-hydrogen) atoms. The molecule has 0 atom stereocenters. The molecule has 0 saturated carbocycles. The van der Waals surface area contributed by atoms with E-state index in [9.17, 15) is 0 Å². The molecule has 0 amide bonds. The fourth-order valence-corrected chi connectivity index (χ4v) is 2.73. The highest BCUT2D eigenvalue weighted by Crippen LogP contribution is 2.29. The molecule has 6 nitrogen and oxygen atoms in total. The van der Waals surface area contributed by atoms with E-state index in [2.05, 4.69) is 34.5 Å². The van der Waals surface area contributed by atoms with Crippen LogP contribution in [0.2, 0.25) is 0 Å². The minimum atomic E-state index is -0.0914. The van der Waals surface area contributed by atoms with Crippen molar-refractivity contribution in [2.75, 3.05) is 6.61 Å². The third-order valence-corrected chi connectivity index (χ3v) is 3.91. The van der Waals surface area contributed by atoms with Crippen molar-refractivity contribution in [1.29, 1.82) is 0 Å². The van der Waals surface area contributed by atoms with Gasteiger partial charge in [0.05, 0.1) is 12.8 Å². The predicted octanol–water partition coefficient (Wildman–Crippen LogP) is 3.42. The minimum absolute atomic E-state index is 0.0914. The fourth-order valence-electron chi connectivity index (χ4n) is 2.73. The summed E-state index contributed by atoms with van der Waals surface area (Å²) >= 11 is 0. The van der Waals surface area contributed by atoms with Gasteiger partial charge in [-0.2, -0.15) is 5.10 Å². The maximum atomic E-state index is 6.04. The third-order valence-electron chi connectivity index (χ3n) is 3.91. The molecule has 0 saturated heterocycles. The van der Waals surface area contributed by atoms with E-state index in [0.717, 1.165) is 11.1 Å². The quantitative estimate of drug-likeness (QED) is 0.382. The minimum Gasteiger partial charge on any atom is -0.490 e. The molecular formula is C21H22N4O2. The van der Waals surface area contributed by atoms with Crippen LogP contribution in [0.1, 0.15) is 18.1 Å². The van der Waals surface area contributed by atoms with Crippen molar-refractivity contribution in [3.05, 3.63) is 71.8 Å². The largest absolute Gasteiger partial charge is 0.490 e. The maximum absolute atomic E-state index is 6.04. The Morgan fingerprint density at radius 2 is 1.78 bits per heavy atom. The summed E-state index contributed by atoms with van der Waals surface area (Å²) < 4.78 is 11.8. The summed E-state index contributed by atoms with van der Waals surface area (Å²) in [6.07, 6.45) is 1.55. The Labute approximate surface area is 158 Å². The molecule has 6 heteroatoms. The number of hydrogen-bond donors (Lipinski definition) is 2. The first kappa shape index (κ1) is 18.3. The molecule has 0 fully saturated rings. The Morgan fingerprint density at radius 3 is 2.59 bits per heavy atom. The number of benzene rings is 3. The smallest absolute Gasteiger partial charge is 0.211 e. The van der Waals surface area contributed by atoms with Crippen molar-refractivity contribution >= 4 is 22.9 Å². The van der Waals surface area contributed by atoms with Crippen molar-refractivity contribution in [2.24, 2.45) is 21.7 Å². The summed E-state index contributed by atoms with van der Waals surface area (Å²) in [5.41, 5.74) is 12.4. The van der Waals surface area contributed by atoms with E-state index in [1.165, 1.54) is 10.8 Å². The van der Waals surface area contributed by atoms with E-state index >= 15 is 0 Å². The van der Waals surface area contributed by atoms with Crippen molar-refractivity contribution in [3.63, 3.8) is 0 Å². The van der Waals surface area contributed by atoms with Gasteiger partial charge in [-0.3, -0.25) is 0 Å². The summed E-state index contributed by atoms with van der Waals surface area (Å²) in [7, 11) is 0. The molecule has 0 bridgehead atoms. The van der Waals surface area contributed by atoms with Crippen LogP contribution in [0, 0.1) is 0 Å². The maximum Gasteiger partial charge on any atom is 0.211 e. The third kappa shape index (κ3) is 4.76. The van der Waals surface area contributed by atoms with Crippen LogP contribution in [0.4, 0.5) is 0 Å². The second kappa shape index (κ2) is 8.71. The van der Waals surface area contributed by atoms with Crippen LogP contribution < -0.4 is 20.9 Å². The van der Waals surface area contributed by atoms with E-state index in [-0.39, 0.29) is 5.96 Å². The summed E-state index contributed by atoms with van der Waals surface area (Å²) in [5.74, 6) is 1.22. The highest BCUT2D eigenvalue weighted by Gasteiger charge is 2.08. The molecule has 3 rings (SSSR count). The normalized spacial score (nSPS) is 10.9. The number of hydrogen-bond acceptors (Lipinski definition) is 4. The topological polar surface area (TPSA) is 95.2 Å². The summed E-state index contributed by atoms with van der Waals surface area (Å²) in [6, 6.07) is 20.0. The monoisotopic (exact) mass is 362 g/mol. The van der Waals surface area contributed by atoms with Crippen molar-refractivity contribution in [2.45, 2.75) is 13.5 Å². The second-order valence-corrected chi connectivity index (χ2v) is 5.84. The van der Waals surface area contributed by atoms with E-state index in [0.29, 0.717) is 24.7 Å². The van der Waals surface area contributed by atoms with Gasteiger partial charge in [0, 0.05) is 0 Å². The van der Waals surface area contributed by atoms with Gasteiger partial charge in [0.2, 0.25) is 5.96 Å². The molecule has 0 aliphatic carbocycles. The zero-order chi connectivity index (χ0) is 19.1. The highest BCUT2D eigenvalue weighted by molar-refractivity contribution is 5.85. The van der Waals surface area contributed by atoms with Gasteiger partial charge in [-0.05, 0) is 47.0 Å². The number of guanidine groups is 1. The average molecular weight is 362 g/mol. The predicted molar refractivity (Wildman–Crippen MR) is 109 cm³/mol. The number of ether oxygens (including phenoxy) is 2. The van der Waals surface area contributed by atoms with Gasteiger partial charge in [0.1, 0.15) is 6.61 Å². The van der Waals surface area contributed by atoms with E-state index in [1.54, 1.807) is 6.21 Å². The molecule has 0 radical (unpaired) electrons. The van der Waals surface area contributed by atoms with Crippen LogP contribution in [0.5, 0.6) is 11.5 Å². The summed E-state index contributed by atoms with van der Waals surface area (Å²) in [4.78, 5) is 0. The fraction of sp³-hybridized carbons (Fsp3) is 0.143. The Morgan fingerprint density at radius 1 is 0.963 bits per heavy atom. The molecule has 3 aromatic carbocycles. The van der Waals surface area contributed by atoms with Crippen LogP contribution in [0.15, 0.2) is 70.9 Å². The van der Waals surface area contributed by atoms with E-state index < -0.39 is 0 Å². The first-order valence-corrected chi connectivity index (χ1v) is 8.65. The van der Waals surface area contributed by atoms with Crippen LogP contribution in [-0.2, 0) is 6.61 Å². The lowest BCUT2D eigenvalue weighted by molar-refractivity contribution is 0.270. The number of fused-ring (bicyclic) bond motifs is 1. The molecule has 0 aliphatic heterocycles. The van der Waals surface area contributed by atoms with Crippen LogP contribution in [-0.4, -0.2) is 18.8 Å². The Hall–Kier alpha value is -3.54. The van der Waals surface area contributed by atoms with Crippen LogP contribution >= 0.6 is 0 Å². The SMILES string of the molecule is CCOc1cc(C=NN=C(N)N)ccc1OCc1cccc2ccccc12. The van der Waals surface area contributed by atoms with Gasteiger partial charge in [-0.1, -0.05) is 42.5 Å². The van der Waals surface area contributed by atoms with E-state index in [1.807, 2.05) is 43.3 Å². The molecule has 0 aromatic heterocycles. The lowest BCUT2D eigenvalue weighted by atomic mass is 10.1. The number of nitrogens with zero attached hydrogens (tertiary/aromatic N) is 2. The van der Waals surface area contributed by atoms with Crippen molar-refractivity contribution < 1.29 is 9.47 Å². The zero-order valence-electron chi connectivity index (χ0n) is 15.1. The van der Waals surface area contributed by atoms with Crippen LogP contribution in [0.25, 0.3) is 10.8 Å². The molecule has 0 heterocycles. The van der Waals surface area contributed by atoms with Crippen molar-refractivity contribution in [1.82, 2.24) is 0 Å². The average Bonchev–Trinajstić information content (AvgIpc) is 2.67. The molecule has 3 aromatic rings. The molecule has 4 N–H and O–H groups in total. The van der Waals surface area contributed by atoms with Gasteiger partial charge >= 0.3 is 0 Å². The van der Waals surface area contributed by atoms with Gasteiger partial charge < -0.3 is 20.9 Å². The van der Waals surface area contributed by atoms with Gasteiger partial charge in [0.15, 0.2) is 11.5 Å².